The first-order valence-corrected chi connectivity index (χ1v) is 5.10. The quantitative estimate of drug-likeness (QED) is 0.585. The molecular formula is C11H18O. The predicted molar refractivity (Wildman–Crippen MR) is 48.8 cm³/mol. The Morgan fingerprint density at radius 1 is 1.50 bits per heavy atom. The third-order valence-corrected chi connectivity index (χ3v) is 4.28. The van der Waals surface area contributed by atoms with Crippen molar-refractivity contribution < 1.29 is 4.79 Å². The molecule has 2 aliphatic carbocycles. The number of rotatable bonds is 1. The van der Waals surface area contributed by atoms with Crippen molar-refractivity contribution in [1.82, 2.24) is 0 Å². The van der Waals surface area contributed by atoms with Crippen LogP contribution in [0.1, 0.15) is 40.0 Å². The summed E-state index contributed by atoms with van der Waals surface area (Å²) in [5.41, 5.74) is 0.577. The van der Waals surface area contributed by atoms with Crippen LogP contribution in [-0.2, 0) is 4.79 Å². The minimum absolute atomic E-state index is 0.362. The van der Waals surface area contributed by atoms with Crippen molar-refractivity contribution in [1.29, 1.82) is 0 Å². The molecule has 1 heteroatoms. The molecule has 0 saturated heterocycles. The van der Waals surface area contributed by atoms with Gasteiger partial charge in [-0.1, -0.05) is 20.8 Å². The largest absolute Gasteiger partial charge is 0.299 e. The van der Waals surface area contributed by atoms with E-state index in [0.717, 1.165) is 18.3 Å². The van der Waals surface area contributed by atoms with E-state index in [0.29, 0.717) is 17.1 Å². The molecule has 0 spiro atoms. The molecule has 3 atom stereocenters. The maximum atomic E-state index is 11.4. The van der Waals surface area contributed by atoms with Crippen LogP contribution in [0.15, 0.2) is 0 Å². The highest BCUT2D eigenvalue weighted by Crippen LogP contribution is 2.66. The zero-order chi connectivity index (χ0) is 8.93. The zero-order valence-corrected chi connectivity index (χ0v) is 8.26. The van der Waals surface area contributed by atoms with Crippen molar-refractivity contribution in [3.8, 4) is 0 Å². The van der Waals surface area contributed by atoms with Gasteiger partial charge in [-0.3, -0.25) is 4.79 Å². The first-order valence-electron chi connectivity index (χ1n) is 5.10. The normalized spacial score (nSPS) is 46.2. The van der Waals surface area contributed by atoms with E-state index >= 15 is 0 Å². The fourth-order valence-electron chi connectivity index (χ4n) is 3.07. The zero-order valence-electron chi connectivity index (χ0n) is 8.26. The van der Waals surface area contributed by atoms with Crippen LogP contribution in [0.25, 0.3) is 0 Å². The number of fused-ring (bicyclic) bond motifs is 1. The van der Waals surface area contributed by atoms with Gasteiger partial charge in [-0.05, 0) is 30.1 Å². The highest BCUT2D eigenvalue weighted by molar-refractivity contribution is 5.82. The van der Waals surface area contributed by atoms with E-state index in [1.807, 2.05) is 0 Å². The Morgan fingerprint density at radius 2 is 2.17 bits per heavy atom. The molecule has 1 unspecified atom stereocenters. The number of carbonyl (C=O) groups is 1. The molecule has 0 bridgehead atoms. The Bertz CT molecular complexity index is 219. The van der Waals surface area contributed by atoms with E-state index < -0.39 is 0 Å². The van der Waals surface area contributed by atoms with E-state index in [1.165, 1.54) is 12.8 Å². The summed E-state index contributed by atoms with van der Waals surface area (Å²) in [6.45, 7) is 6.74. The summed E-state index contributed by atoms with van der Waals surface area (Å²) < 4.78 is 0. The fraction of sp³-hybridized carbons (Fsp3) is 0.909. The summed E-state index contributed by atoms with van der Waals surface area (Å²) in [5.74, 6) is 2.38. The standard InChI is InChI=1S/C11H18O/c1-7(2)11-5-4-10(12)8(3)9(11)6-11/h7-9H,4-6H2,1-3H3/t8?,9-,11-/m1/s1. The van der Waals surface area contributed by atoms with Crippen LogP contribution < -0.4 is 0 Å². The summed E-state index contributed by atoms with van der Waals surface area (Å²) in [6.07, 6.45) is 3.33. The number of hydrogen-bond donors (Lipinski definition) is 0. The lowest BCUT2D eigenvalue weighted by atomic mass is 9.76. The molecule has 68 valence electrons. The summed E-state index contributed by atoms with van der Waals surface area (Å²) in [6, 6.07) is 0. The lowest BCUT2D eigenvalue weighted by Gasteiger charge is -2.28. The molecule has 0 amide bonds. The van der Waals surface area contributed by atoms with Gasteiger partial charge in [0.1, 0.15) is 5.78 Å². The minimum atomic E-state index is 0.362. The molecule has 2 rings (SSSR count). The Kier molecular flexibility index (Phi) is 1.61. The lowest BCUT2D eigenvalue weighted by molar-refractivity contribution is -0.125. The Hall–Kier alpha value is -0.330. The van der Waals surface area contributed by atoms with Gasteiger partial charge < -0.3 is 0 Å². The topological polar surface area (TPSA) is 17.1 Å². The number of ketones is 1. The molecule has 0 aliphatic heterocycles. The molecular weight excluding hydrogens is 148 g/mol. The molecule has 2 aliphatic rings. The van der Waals surface area contributed by atoms with Gasteiger partial charge in [0.2, 0.25) is 0 Å². The van der Waals surface area contributed by atoms with Crippen LogP contribution in [0, 0.1) is 23.2 Å². The molecule has 0 heterocycles. The summed E-state index contributed by atoms with van der Waals surface area (Å²) >= 11 is 0. The van der Waals surface area contributed by atoms with Gasteiger partial charge in [0.15, 0.2) is 0 Å². The number of hydrogen-bond acceptors (Lipinski definition) is 1. The first kappa shape index (κ1) is 8.28. The summed E-state index contributed by atoms with van der Waals surface area (Å²) in [7, 11) is 0. The summed E-state index contributed by atoms with van der Waals surface area (Å²) in [5, 5.41) is 0. The highest BCUT2D eigenvalue weighted by atomic mass is 16.1. The summed E-state index contributed by atoms with van der Waals surface area (Å²) in [4.78, 5) is 11.4. The van der Waals surface area contributed by atoms with Gasteiger partial charge >= 0.3 is 0 Å². The van der Waals surface area contributed by atoms with E-state index in [1.54, 1.807) is 0 Å². The monoisotopic (exact) mass is 166 g/mol. The second kappa shape index (κ2) is 2.34. The van der Waals surface area contributed by atoms with Crippen LogP contribution in [-0.4, -0.2) is 5.78 Å². The maximum absolute atomic E-state index is 11.4. The average Bonchev–Trinajstić information content (AvgIpc) is 2.74. The minimum Gasteiger partial charge on any atom is -0.299 e. The molecule has 0 radical (unpaired) electrons. The molecule has 12 heavy (non-hydrogen) atoms. The molecule has 2 fully saturated rings. The maximum Gasteiger partial charge on any atom is 0.136 e. The molecule has 0 N–H and O–H groups in total. The van der Waals surface area contributed by atoms with E-state index in [9.17, 15) is 4.79 Å². The highest BCUT2D eigenvalue weighted by Gasteiger charge is 2.61. The molecule has 1 nitrogen and oxygen atoms in total. The second-order valence-electron chi connectivity index (χ2n) is 4.95. The van der Waals surface area contributed by atoms with Gasteiger partial charge in [0.25, 0.3) is 0 Å². The van der Waals surface area contributed by atoms with Crippen molar-refractivity contribution in [2.75, 3.05) is 0 Å². The van der Waals surface area contributed by atoms with Crippen LogP contribution in [0.2, 0.25) is 0 Å². The van der Waals surface area contributed by atoms with Crippen LogP contribution >= 0.6 is 0 Å². The van der Waals surface area contributed by atoms with E-state index in [4.69, 9.17) is 0 Å². The van der Waals surface area contributed by atoms with Crippen LogP contribution in [0.4, 0.5) is 0 Å². The van der Waals surface area contributed by atoms with Gasteiger partial charge in [-0.25, -0.2) is 0 Å². The van der Waals surface area contributed by atoms with Crippen molar-refractivity contribution in [3.63, 3.8) is 0 Å². The Balaban J connectivity index is 2.15. The van der Waals surface area contributed by atoms with E-state index in [-0.39, 0.29) is 0 Å². The second-order valence-corrected chi connectivity index (χ2v) is 4.95. The molecule has 0 aromatic heterocycles. The third kappa shape index (κ3) is 0.884. The van der Waals surface area contributed by atoms with Crippen molar-refractivity contribution in [2.45, 2.75) is 40.0 Å². The first-order chi connectivity index (χ1) is 5.58. The van der Waals surface area contributed by atoms with Crippen molar-refractivity contribution >= 4 is 5.78 Å². The van der Waals surface area contributed by atoms with Crippen LogP contribution in [0.5, 0.6) is 0 Å². The Morgan fingerprint density at radius 3 is 2.75 bits per heavy atom. The Labute approximate surface area is 74.5 Å². The number of carbonyl (C=O) groups excluding carboxylic acids is 1. The number of Topliss-reactive ketones (excluding diaryl/α,β-unsaturated/α-hetero) is 1. The van der Waals surface area contributed by atoms with Gasteiger partial charge in [-0.15, -0.1) is 0 Å². The van der Waals surface area contributed by atoms with Gasteiger partial charge in [0.05, 0.1) is 0 Å². The molecule has 0 aromatic carbocycles. The smallest absolute Gasteiger partial charge is 0.136 e. The van der Waals surface area contributed by atoms with Crippen molar-refractivity contribution in [2.24, 2.45) is 23.2 Å². The molecule has 2 saturated carbocycles. The van der Waals surface area contributed by atoms with Gasteiger partial charge in [-0.2, -0.15) is 0 Å². The molecule has 0 aromatic rings. The average molecular weight is 166 g/mol. The lowest BCUT2D eigenvalue weighted by Crippen LogP contribution is -2.27. The predicted octanol–water partition coefficient (Wildman–Crippen LogP) is 2.65. The van der Waals surface area contributed by atoms with Crippen LogP contribution in [0.3, 0.4) is 0 Å². The van der Waals surface area contributed by atoms with E-state index in [2.05, 4.69) is 20.8 Å². The third-order valence-electron chi connectivity index (χ3n) is 4.28. The van der Waals surface area contributed by atoms with Crippen molar-refractivity contribution in [3.05, 3.63) is 0 Å². The fourth-order valence-corrected chi connectivity index (χ4v) is 3.07. The SMILES string of the molecule is CC1C(=O)CC[C@]2(C(C)C)C[C@H]12. The van der Waals surface area contributed by atoms with Gasteiger partial charge in [0, 0.05) is 12.3 Å².